The van der Waals surface area contributed by atoms with E-state index in [0.717, 1.165) is 16.9 Å². The standard InChI is InChI=1S/C25H24FN5O3/c1-33-21-7-9-27-15-18(21)16-5-6-19(26)23-17(16)14-20(29-23)25(32)31-12-10-30(11-13-31)24-22(34-2)4-3-8-28-24/h3-9,14-15,29H,10-13H2,1-2H3. The fraction of sp³-hybridized carbons (Fsp3) is 0.240. The van der Waals surface area contributed by atoms with Crippen LogP contribution < -0.4 is 14.4 Å². The Morgan fingerprint density at radius 2 is 1.79 bits per heavy atom. The summed E-state index contributed by atoms with van der Waals surface area (Å²) in [7, 11) is 3.19. The number of fused-ring (bicyclic) bond motifs is 1. The zero-order chi connectivity index (χ0) is 23.7. The summed E-state index contributed by atoms with van der Waals surface area (Å²) in [6.45, 7) is 2.26. The lowest BCUT2D eigenvalue weighted by Crippen LogP contribution is -2.49. The summed E-state index contributed by atoms with van der Waals surface area (Å²) >= 11 is 0. The zero-order valence-electron chi connectivity index (χ0n) is 18.9. The Balaban J connectivity index is 1.41. The molecular formula is C25H24FN5O3. The van der Waals surface area contributed by atoms with E-state index in [1.165, 1.54) is 6.07 Å². The van der Waals surface area contributed by atoms with E-state index in [9.17, 15) is 9.18 Å². The number of aromatic nitrogens is 3. The number of nitrogens with zero attached hydrogens (tertiary/aromatic N) is 4. The molecule has 1 saturated heterocycles. The normalized spacial score (nSPS) is 13.9. The SMILES string of the molecule is COc1ccncc1-c1ccc(F)c2[nH]c(C(=O)N3CCN(c4ncccc4OC)CC3)cc12. The lowest BCUT2D eigenvalue weighted by atomic mass is 10.0. The quantitative estimate of drug-likeness (QED) is 0.488. The number of carbonyl (C=O) groups excluding carboxylic acids is 1. The van der Waals surface area contributed by atoms with Crippen LogP contribution in [0.4, 0.5) is 10.2 Å². The number of nitrogens with one attached hydrogen (secondary N) is 1. The summed E-state index contributed by atoms with van der Waals surface area (Å²) < 4.78 is 25.5. The first-order valence-corrected chi connectivity index (χ1v) is 10.9. The minimum absolute atomic E-state index is 0.174. The molecule has 0 atom stereocenters. The van der Waals surface area contributed by atoms with Gasteiger partial charge in [-0.05, 0) is 35.9 Å². The second-order valence-electron chi connectivity index (χ2n) is 7.95. The summed E-state index contributed by atoms with van der Waals surface area (Å²) in [4.78, 5) is 28.8. The van der Waals surface area contributed by atoms with Gasteiger partial charge in [0.25, 0.3) is 5.91 Å². The van der Waals surface area contributed by atoms with Gasteiger partial charge in [-0.2, -0.15) is 0 Å². The molecule has 0 bridgehead atoms. The van der Waals surface area contributed by atoms with Crippen LogP contribution in [0.3, 0.4) is 0 Å². The van der Waals surface area contributed by atoms with Gasteiger partial charge < -0.3 is 24.3 Å². The van der Waals surface area contributed by atoms with Crippen LogP contribution >= 0.6 is 0 Å². The van der Waals surface area contributed by atoms with Crippen LogP contribution in [0, 0.1) is 5.82 Å². The number of carbonyl (C=O) groups is 1. The molecule has 1 amide bonds. The van der Waals surface area contributed by atoms with Gasteiger partial charge in [-0.3, -0.25) is 9.78 Å². The first-order valence-electron chi connectivity index (χ1n) is 10.9. The van der Waals surface area contributed by atoms with E-state index in [2.05, 4.69) is 19.9 Å². The largest absolute Gasteiger partial charge is 0.496 e. The van der Waals surface area contributed by atoms with Crippen LogP contribution in [-0.2, 0) is 0 Å². The Labute approximate surface area is 195 Å². The highest BCUT2D eigenvalue weighted by molar-refractivity contribution is 6.03. The molecule has 0 spiro atoms. The van der Waals surface area contributed by atoms with Crippen LogP contribution in [-0.4, -0.2) is 66.2 Å². The van der Waals surface area contributed by atoms with Gasteiger partial charge >= 0.3 is 0 Å². The molecule has 9 heteroatoms. The number of H-pyrrole nitrogens is 1. The van der Waals surface area contributed by atoms with Crippen molar-refractivity contribution in [1.29, 1.82) is 0 Å². The average molecular weight is 461 g/mol. The Kier molecular flexibility index (Phi) is 5.75. The van der Waals surface area contributed by atoms with Gasteiger partial charge in [0.1, 0.15) is 17.3 Å². The molecule has 4 aromatic rings. The van der Waals surface area contributed by atoms with E-state index < -0.39 is 5.82 Å². The molecular weight excluding hydrogens is 437 g/mol. The Hall–Kier alpha value is -4.14. The number of methoxy groups -OCH3 is 2. The number of ether oxygens (including phenoxy) is 2. The van der Waals surface area contributed by atoms with Gasteiger partial charge in [0, 0.05) is 55.7 Å². The number of anilines is 1. The predicted molar refractivity (Wildman–Crippen MR) is 127 cm³/mol. The molecule has 3 aromatic heterocycles. The molecule has 0 unspecified atom stereocenters. The Morgan fingerprint density at radius 3 is 2.56 bits per heavy atom. The molecule has 0 radical (unpaired) electrons. The molecule has 1 aliphatic heterocycles. The van der Waals surface area contributed by atoms with Gasteiger partial charge in [-0.15, -0.1) is 0 Å². The minimum Gasteiger partial charge on any atom is -0.496 e. The summed E-state index contributed by atoms with van der Waals surface area (Å²) in [5.74, 6) is 1.49. The first-order chi connectivity index (χ1) is 16.6. The molecule has 174 valence electrons. The number of amides is 1. The van der Waals surface area contributed by atoms with Gasteiger partial charge in [0.05, 0.1) is 19.7 Å². The molecule has 1 aliphatic rings. The lowest BCUT2D eigenvalue weighted by molar-refractivity contribution is 0.0741. The van der Waals surface area contributed by atoms with E-state index in [-0.39, 0.29) is 11.4 Å². The third-order valence-corrected chi connectivity index (χ3v) is 6.10. The highest BCUT2D eigenvalue weighted by Gasteiger charge is 2.26. The second kappa shape index (κ2) is 9.01. The van der Waals surface area contributed by atoms with E-state index in [1.54, 1.807) is 55.9 Å². The van der Waals surface area contributed by atoms with E-state index in [4.69, 9.17) is 9.47 Å². The summed E-state index contributed by atoms with van der Waals surface area (Å²) in [5, 5.41) is 0.603. The van der Waals surface area contributed by atoms with Crippen molar-refractivity contribution in [3.63, 3.8) is 0 Å². The van der Waals surface area contributed by atoms with Gasteiger partial charge in [-0.25, -0.2) is 9.37 Å². The molecule has 1 aromatic carbocycles. The van der Waals surface area contributed by atoms with E-state index >= 15 is 0 Å². The van der Waals surface area contributed by atoms with Crippen molar-refractivity contribution in [2.45, 2.75) is 0 Å². The summed E-state index contributed by atoms with van der Waals surface area (Å²) in [5.41, 5.74) is 2.09. The van der Waals surface area contributed by atoms with E-state index in [0.29, 0.717) is 48.8 Å². The van der Waals surface area contributed by atoms with Gasteiger partial charge in [0.15, 0.2) is 11.6 Å². The van der Waals surface area contributed by atoms with Crippen LogP contribution in [0.1, 0.15) is 10.5 Å². The number of piperazine rings is 1. The number of aromatic amines is 1. The fourth-order valence-corrected chi connectivity index (χ4v) is 4.37. The maximum absolute atomic E-state index is 14.7. The minimum atomic E-state index is -0.423. The summed E-state index contributed by atoms with van der Waals surface area (Å²) in [6, 6.07) is 10.2. The van der Waals surface area contributed by atoms with E-state index in [1.807, 2.05) is 12.1 Å². The number of hydrogen-bond acceptors (Lipinski definition) is 6. The molecule has 0 aliphatic carbocycles. The second-order valence-corrected chi connectivity index (χ2v) is 7.95. The van der Waals surface area contributed by atoms with Gasteiger partial charge in [-0.1, -0.05) is 6.07 Å². The smallest absolute Gasteiger partial charge is 0.270 e. The molecule has 1 fully saturated rings. The summed E-state index contributed by atoms with van der Waals surface area (Å²) in [6.07, 6.45) is 5.03. The molecule has 34 heavy (non-hydrogen) atoms. The predicted octanol–water partition coefficient (Wildman–Crippen LogP) is 3.74. The third kappa shape index (κ3) is 3.79. The first kappa shape index (κ1) is 21.7. The fourth-order valence-electron chi connectivity index (χ4n) is 4.37. The topological polar surface area (TPSA) is 83.6 Å². The highest BCUT2D eigenvalue weighted by Crippen LogP contribution is 2.36. The van der Waals surface area contributed by atoms with Crippen molar-refractivity contribution < 1.29 is 18.7 Å². The van der Waals surface area contributed by atoms with Gasteiger partial charge in [0.2, 0.25) is 0 Å². The molecule has 8 nitrogen and oxygen atoms in total. The number of benzene rings is 1. The maximum atomic E-state index is 14.7. The highest BCUT2D eigenvalue weighted by atomic mass is 19.1. The van der Waals surface area contributed by atoms with Crippen molar-refractivity contribution in [2.24, 2.45) is 0 Å². The zero-order valence-corrected chi connectivity index (χ0v) is 18.9. The number of halogens is 1. The van der Waals surface area contributed by atoms with Crippen molar-refractivity contribution in [1.82, 2.24) is 19.9 Å². The monoisotopic (exact) mass is 461 g/mol. The maximum Gasteiger partial charge on any atom is 0.270 e. The molecule has 5 rings (SSSR count). The Morgan fingerprint density at radius 1 is 1.00 bits per heavy atom. The van der Waals surface area contributed by atoms with Crippen molar-refractivity contribution >= 4 is 22.6 Å². The van der Waals surface area contributed by atoms with Crippen molar-refractivity contribution in [2.75, 3.05) is 45.3 Å². The number of pyridine rings is 2. The Bertz CT molecular complexity index is 1350. The number of hydrogen-bond donors (Lipinski definition) is 1. The molecule has 0 saturated carbocycles. The average Bonchev–Trinajstić information content (AvgIpc) is 3.35. The van der Waals surface area contributed by atoms with Crippen LogP contribution in [0.2, 0.25) is 0 Å². The molecule has 1 N–H and O–H groups in total. The lowest BCUT2D eigenvalue weighted by Gasteiger charge is -2.35. The third-order valence-electron chi connectivity index (χ3n) is 6.10. The van der Waals surface area contributed by atoms with Crippen LogP contribution in [0.15, 0.2) is 55.0 Å². The van der Waals surface area contributed by atoms with Crippen molar-refractivity contribution in [3.8, 4) is 22.6 Å². The van der Waals surface area contributed by atoms with Crippen LogP contribution in [0.25, 0.3) is 22.0 Å². The van der Waals surface area contributed by atoms with Crippen molar-refractivity contribution in [3.05, 3.63) is 66.5 Å². The number of rotatable bonds is 5. The molecule has 4 heterocycles. The van der Waals surface area contributed by atoms with Crippen LogP contribution in [0.5, 0.6) is 11.5 Å².